The highest BCUT2D eigenvalue weighted by molar-refractivity contribution is 5.95. The van der Waals surface area contributed by atoms with Crippen molar-refractivity contribution in [1.82, 2.24) is 14.7 Å². The maximum absolute atomic E-state index is 13.5. The van der Waals surface area contributed by atoms with Crippen LogP contribution in [0, 0.1) is 17.2 Å². The Labute approximate surface area is 176 Å². The van der Waals surface area contributed by atoms with E-state index in [0.717, 1.165) is 5.69 Å². The molecule has 5 nitrogen and oxygen atoms in total. The Morgan fingerprint density at radius 1 is 1.32 bits per heavy atom. The van der Waals surface area contributed by atoms with E-state index in [2.05, 4.69) is 4.98 Å². The fraction of sp³-hybridized carbons (Fsp3) is 0.571. The van der Waals surface area contributed by atoms with E-state index in [1.54, 1.807) is 9.72 Å². The van der Waals surface area contributed by atoms with E-state index < -0.39 is 24.6 Å². The van der Waals surface area contributed by atoms with Crippen molar-refractivity contribution in [3.8, 4) is 6.07 Å². The fourth-order valence-electron chi connectivity index (χ4n) is 3.98. The predicted octanol–water partition coefficient (Wildman–Crippen LogP) is 4.99. The van der Waals surface area contributed by atoms with Gasteiger partial charge >= 0.3 is 6.18 Å². The molecule has 0 aromatic carbocycles. The van der Waals surface area contributed by atoms with Crippen LogP contribution in [-0.4, -0.2) is 33.9 Å². The first-order chi connectivity index (χ1) is 14.4. The summed E-state index contributed by atoms with van der Waals surface area (Å²) in [6.07, 6.45) is -3.74. The molecule has 0 saturated heterocycles. The lowest BCUT2D eigenvalue weighted by Crippen LogP contribution is -2.33. The van der Waals surface area contributed by atoms with Crippen molar-refractivity contribution >= 4 is 11.6 Å². The third-order valence-corrected chi connectivity index (χ3v) is 5.54. The molecule has 0 aliphatic heterocycles. The minimum atomic E-state index is -4.56. The number of alkyl halides is 5. The number of imidazole rings is 1. The number of rotatable bonds is 5. The maximum atomic E-state index is 13.5. The summed E-state index contributed by atoms with van der Waals surface area (Å²) < 4.78 is 65.9. The number of carbonyl (C=O) groups is 1. The number of nitrogens with zero attached hydrogens (tertiary/aromatic N) is 3. The van der Waals surface area contributed by atoms with E-state index in [1.165, 1.54) is 12.1 Å². The molecule has 0 atom stereocenters. The third-order valence-electron chi connectivity index (χ3n) is 5.54. The van der Waals surface area contributed by atoms with Crippen LogP contribution < -0.4 is 5.32 Å². The van der Waals surface area contributed by atoms with Gasteiger partial charge < -0.3 is 5.32 Å². The lowest BCUT2D eigenvalue weighted by molar-refractivity contribution is -0.123. The predicted molar refractivity (Wildman–Crippen MR) is 103 cm³/mol. The minimum Gasteiger partial charge on any atom is -0.343 e. The van der Waals surface area contributed by atoms with Crippen molar-refractivity contribution in [2.75, 3.05) is 6.54 Å². The van der Waals surface area contributed by atoms with E-state index in [-0.39, 0.29) is 41.6 Å². The van der Waals surface area contributed by atoms with Crippen molar-refractivity contribution in [2.24, 2.45) is 5.92 Å². The molecule has 3 rings (SSSR count). The molecular weight excluding hydrogens is 419 g/mol. The Morgan fingerprint density at radius 2 is 1.97 bits per heavy atom. The average Bonchev–Trinajstić information content (AvgIpc) is 3.05. The van der Waals surface area contributed by atoms with E-state index in [1.807, 2.05) is 19.9 Å². The molecular formula is C21H23F5N4O. The van der Waals surface area contributed by atoms with Gasteiger partial charge in [-0.3, -0.25) is 9.20 Å². The van der Waals surface area contributed by atoms with Crippen LogP contribution >= 0.6 is 0 Å². The number of hydrogen-bond acceptors (Lipinski definition) is 3. The van der Waals surface area contributed by atoms with Gasteiger partial charge in [-0.1, -0.05) is 13.8 Å². The van der Waals surface area contributed by atoms with Gasteiger partial charge in [0, 0.05) is 24.1 Å². The van der Waals surface area contributed by atoms with Gasteiger partial charge in [0.1, 0.15) is 24.0 Å². The highest BCUT2D eigenvalue weighted by Gasteiger charge is 2.36. The number of pyridine rings is 1. The van der Waals surface area contributed by atoms with E-state index in [4.69, 9.17) is 0 Å². The molecule has 31 heavy (non-hydrogen) atoms. The molecule has 2 aromatic heterocycles. The number of nitriles is 1. The van der Waals surface area contributed by atoms with E-state index in [0.29, 0.717) is 25.0 Å². The Bertz CT molecular complexity index is 1010. The summed E-state index contributed by atoms with van der Waals surface area (Å²) in [4.78, 5) is 16.7. The van der Waals surface area contributed by atoms with Crippen LogP contribution in [-0.2, 0) is 6.42 Å². The van der Waals surface area contributed by atoms with Gasteiger partial charge in [0.05, 0.1) is 5.69 Å². The van der Waals surface area contributed by atoms with Gasteiger partial charge in [0.2, 0.25) is 5.92 Å². The summed E-state index contributed by atoms with van der Waals surface area (Å²) in [7, 11) is 0. The summed E-state index contributed by atoms with van der Waals surface area (Å²) in [6, 6.07) is 4.55. The largest absolute Gasteiger partial charge is 0.405 e. The highest BCUT2D eigenvalue weighted by atomic mass is 19.4. The number of fused-ring (bicyclic) bond motifs is 1. The lowest BCUT2D eigenvalue weighted by Gasteiger charge is -2.28. The quantitative estimate of drug-likeness (QED) is 0.664. The van der Waals surface area contributed by atoms with Gasteiger partial charge in [-0.05, 0) is 43.2 Å². The van der Waals surface area contributed by atoms with E-state index in [9.17, 15) is 32.0 Å². The number of aromatic nitrogens is 2. The number of nitrogens with one attached hydrogen (secondary N) is 1. The SMILES string of the molecule is CC(C)c1nc2cc(C(=O)NCC(F)(F)F)cc(C#N)n2c1CC1CCC(F)(F)CC1. The molecule has 1 aliphatic rings. The number of halogens is 5. The molecule has 2 heterocycles. The van der Waals surface area contributed by atoms with Crippen molar-refractivity contribution in [2.45, 2.75) is 64.0 Å². The van der Waals surface area contributed by atoms with Crippen LogP contribution in [0.25, 0.3) is 5.65 Å². The molecule has 0 spiro atoms. The molecule has 1 fully saturated rings. The van der Waals surface area contributed by atoms with Crippen LogP contribution in [0.1, 0.15) is 72.9 Å². The van der Waals surface area contributed by atoms with Gasteiger partial charge in [-0.25, -0.2) is 13.8 Å². The van der Waals surface area contributed by atoms with Gasteiger partial charge in [0.25, 0.3) is 5.91 Å². The van der Waals surface area contributed by atoms with Crippen LogP contribution in [0.4, 0.5) is 22.0 Å². The number of carbonyl (C=O) groups excluding carboxylic acids is 1. The van der Waals surface area contributed by atoms with Crippen molar-refractivity contribution in [3.63, 3.8) is 0 Å². The normalized spacial score (nSPS) is 17.1. The van der Waals surface area contributed by atoms with Crippen LogP contribution in [0.3, 0.4) is 0 Å². The zero-order valence-electron chi connectivity index (χ0n) is 17.2. The van der Waals surface area contributed by atoms with Crippen LogP contribution in [0.2, 0.25) is 0 Å². The number of hydrogen-bond donors (Lipinski definition) is 1. The maximum Gasteiger partial charge on any atom is 0.405 e. The monoisotopic (exact) mass is 442 g/mol. The van der Waals surface area contributed by atoms with Crippen molar-refractivity contribution in [3.05, 3.63) is 34.8 Å². The zero-order valence-corrected chi connectivity index (χ0v) is 17.2. The molecule has 1 N–H and O–H groups in total. The zero-order chi connectivity index (χ0) is 23.0. The standard InChI is InChI=1S/C21H23F5N4O/c1-12(2)18-16(7-13-3-5-20(22,23)6-4-13)30-15(10-27)8-14(9-17(30)29-18)19(31)28-11-21(24,25)26/h8-9,12-13H,3-7,11H2,1-2H3,(H,28,31). The summed E-state index contributed by atoms with van der Waals surface area (Å²) in [5.41, 5.74) is 1.64. The molecule has 2 aromatic rings. The fourth-order valence-corrected chi connectivity index (χ4v) is 3.98. The van der Waals surface area contributed by atoms with Gasteiger partial charge in [0.15, 0.2) is 0 Å². The lowest BCUT2D eigenvalue weighted by atomic mass is 9.83. The van der Waals surface area contributed by atoms with E-state index >= 15 is 0 Å². The minimum absolute atomic E-state index is 0.0123. The summed E-state index contributed by atoms with van der Waals surface area (Å²) in [5, 5.41) is 11.4. The second-order valence-corrected chi connectivity index (χ2v) is 8.33. The van der Waals surface area contributed by atoms with Crippen molar-refractivity contribution < 1.29 is 26.7 Å². The molecule has 0 bridgehead atoms. The molecule has 1 saturated carbocycles. The summed E-state index contributed by atoms with van der Waals surface area (Å²) in [6.45, 7) is 2.33. The Balaban J connectivity index is 1.98. The molecule has 168 valence electrons. The Kier molecular flexibility index (Phi) is 6.25. The smallest absolute Gasteiger partial charge is 0.343 e. The van der Waals surface area contributed by atoms with Crippen LogP contribution in [0.5, 0.6) is 0 Å². The Hall–Kier alpha value is -2.70. The van der Waals surface area contributed by atoms with Gasteiger partial charge in [-0.2, -0.15) is 18.4 Å². The molecule has 10 heteroatoms. The first-order valence-corrected chi connectivity index (χ1v) is 10.1. The molecule has 1 amide bonds. The first kappa shape index (κ1) is 23.0. The Morgan fingerprint density at radius 3 is 2.52 bits per heavy atom. The third kappa shape index (κ3) is 5.32. The number of amides is 1. The summed E-state index contributed by atoms with van der Waals surface area (Å²) in [5.74, 6) is -3.62. The molecule has 0 unspecified atom stereocenters. The average molecular weight is 442 g/mol. The molecule has 1 aliphatic carbocycles. The van der Waals surface area contributed by atoms with Gasteiger partial charge in [-0.15, -0.1) is 0 Å². The first-order valence-electron chi connectivity index (χ1n) is 10.1. The highest BCUT2D eigenvalue weighted by Crippen LogP contribution is 2.38. The van der Waals surface area contributed by atoms with Crippen LogP contribution in [0.15, 0.2) is 12.1 Å². The second-order valence-electron chi connectivity index (χ2n) is 8.33. The topological polar surface area (TPSA) is 70.2 Å². The second kappa shape index (κ2) is 8.44. The van der Waals surface area contributed by atoms with Crippen molar-refractivity contribution in [1.29, 1.82) is 5.26 Å². The summed E-state index contributed by atoms with van der Waals surface area (Å²) >= 11 is 0. The molecule has 0 radical (unpaired) electrons.